The lowest BCUT2D eigenvalue weighted by Gasteiger charge is -2.24. The maximum absolute atomic E-state index is 13.3. The van der Waals surface area contributed by atoms with E-state index in [1.54, 1.807) is 0 Å². The molecular weight excluding hydrogens is 336 g/mol. The second kappa shape index (κ2) is 6.34. The van der Waals surface area contributed by atoms with Crippen molar-refractivity contribution < 1.29 is 0 Å². The molecule has 1 saturated carbocycles. The van der Waals surface area contributed by atoms with E-state index in [1.807, 2.05) is 28.8 Å². The van der Waals surface area contributed by atoms with Gasteiger partial charge in [-0.3, -0.25) is 13.8 Å². The average molecular weight is 358 g/mol. The van der Waals surface area contributed by atoms with E-state index >= 15 is 0 Å². The van der Waals surface area contributed by atoms with Gasteiger partial charge in [-0.1, -0.05) is 61.2 Å². The molecule has 5 nitrogen and oxygen atoms in total. The summed E-state index contributed by atoms with van der Waals surface area (Å²) in [7, 11) is 0. The van der Waals surface area contributed by atoms with Crippen LogP contribution in [0, 0.1) is 6.92 Å². The molecule has 27 heavy (non-hydrogen) atoms. The zero-order valence-corrected chi connectivity index (χ0v) is 15.4. The minimum Gasteiger partial charge on any atom is -0.273 e. The summed E-state index contributed by atoms with van der Waals surface area (Å²) >= 11 is 0. The van der Waals surface area contributed by atoms with Gasteiger partial charge in [0.2, 0.25) is 5.78 Å². The molecular formula is C22H22N4O. The number of rotatable bonds is 2. The first kappa shape index (κ1) is 16.2. The summed E-state index contributed by atoms with van der Waals surface area (Å²) in [5.74, 6) is 1.44. The third kappa shape index (κ3) is 2.57. The van der Waals surface area contributed by atoms with E-state index in [9.17, 15) is 4.79 Å². The third-order valence-corrected chi connectivity index (χ3v) is 5.71. The Hall–Kier alpha value is -2.95. The van der Waals surface area contributed by atoms with Gasteiger partial charge in [0.05, 0.1) is 10.9 Å². The molecule has 0 radical (unpaired) electrons. The number of para-hydroxylation sites is 1. The minimum atomic E-state index is 0.0489. The fourth-order valence-corrected chi connectivity index (χ4v) is 4.28. The van der Waals surface area contributed by atoms with Crippen molar-refractivity contribution in [2.45, 2.75) is 45.1 Å². The highest BCUT2D eigenvalue weighted by molar-refractivity contribution is 5.82. The van der Waals surface area contributed by atoms with E-state index in [1.165, 1.54) is 12.0 Å². The standard InChI is InChI=1S/C22H22N4O/c1-15-11-13-16(14-12-15)20-23-24-22-25(17-7-3-2-4-8-17)21(27)18-9-5-6-10-19(18)26(20)22/h5-6,9-14,17H,2-4,7-8H2,1H3. The first-order valence-electron chi connectivity index (χ1n) is 9.69. The number of benzene rings is 2. The van der Waals surface area contributed by atoms with Crippen LogP contribution in [0.4, 0.5) is 0 Å². The molecule has 0 aliphatic heterocycles. The zero-order valence-electron chi connectivity index (χ0n) is 15.4. The van der Waals surface area contributed by atoms with Crippen LogP contribution in [0.1, 0.15) is 43.7 Å². The lowest BCUT2D eigenvalue weighted by molar-refractivity contribution is 0.351. The Bertz CT molecular complexity index is 1180. The fourth-order valence-electron chi connectivity index (χ4n) is 4.28. The van der Waals surface area contributed by atoms with Gasteiger partial charge in [0.1, 0.15) is 0 Å². The molecule has 1 aliphatic rings. The van der Waals surface area contributed by atoms with Crippen LogP contribution >= 0.6 is 0 Å². The van der Waals surface area contributed by atoms with Crippen molar-refractivity contribution in [1.29, 1.82) is 0 Å². The van der Waals surface area contributed by atoms with Gasteiger partial charge in [0.25, 0.3) is 5.56 Å². The summed E-state index contributed by atoms with van der Waals surface area (Å²) in [6, 6.07) is 16.3. The first-order valence-corrected chi connectivity index (χ1v) is 9.69. The number of hydrogen-bond donors (Lipinski definition) is 0. The molecule has 1 aliphatic carbocycles. The molecule has 5 heteroatoms. The molecule has 0 saturated heterocycles. The van der Waals surface area contributed by atoms with Gasteiger partial charge >= 0.3 is 0 Å². The van der Waals surface area contributed by atoms with Crippen LogP contribution in [0.15, 0.2) is 53.3 Å². The predicted molar refractivity (Wildman–Crippen MR) is 107 cm³/mol. The average Bonchev–Trinajstić information content (AvgIpc) is 3.14. The van der Waals surface area contributed by atoms with Crippen molar-refractivity contribution in [2.75, 3.05) is 0 Å². The summed E-state index contributed by atoms with van der Waals surface area (Å²) in [6.07, 6.45) is 5.63. The summed E-state index contributed by atoms with van der Waals surface area (Å²) in [4.78, 5) is 13.3. The van der Waals surface area contributed by atoms with Crippen molar-refractivity contribution in [1.82, 2.24) is 19.2 Å². The SMILES string of the molecule is Cc1ccc(-c2nnc3n(C4CCCCC4)c(=O)c4ccccc4n23)cc1. The molecule has 0 bridgehead atoms. The van der Waals surface area contributed by atoms with Crippen LogP contribution in [0.25, 0.3) is 28.1 Å². The number of aromatic nitrogens is 4. The largest absolute Gasteiger partial charge is 0.273 e. The Morgan fingerprint density at radius 2 is 1.67 bits per heavy atom. The highest BCUT2D eigenvalue weighted by Crippen LogP contribution is 2.30. The van der Waals surface area contributed by atoms with E-state index in [4.69, 9.17) is 0 Å². The van der Waals surface area contributed by atoms with E-state index in [2.05, 4.69) is 45.8 Å². The number of fused-ring (bicyclic) bond motifs is 3. The smallest absolute Gasteiger partial charge is 0.263 e. The van der Waals surface area contributed by atoms with E-state index in [0.717, 1.165) is 48.0 Å². The second-order valence-corrected chi connectivity index (χ2v) is 7.51. The molecule has 5 rings (SSSR count). The highest BCUT2D eigenvalue weighted by atomic mass is 16.1. The van der Waals surface area contributed by atoms with Crippen LogP contribution in [-0.4, -0.2) is 19.2 Å². The zero-order chi connectivity index (χ0) is 18.4. The van der Waals surface area contributed by atoms with Crippen LogP contribution < -0.4 is 5.56 Å². The van der Waals surface area contributed by atoms with E-state index in [-0.39, 0.29) is 11.6 Å². The summed E-state index contributed by atoms with van der Waals surface area (Å²) in [5, 5.41) is 9.70. The topological polar surface area (TPSA) is 52.2 Å². The monoisotopic (exact) mass is 358 g/mol. The summed E-state index contributed by atoms with van der Waals surface area (Å²) < 4.78 is 3.95. The van der Waals surface area contributed by atoms with Gasteiger partial charge < -0.3 is 0 Å². The van der Waals surface area contributed by atoms with Crippen LogP contribution in [-0.2, 0) is 0 Å². The van der Waals surface area contributed by atoms with Gasteiger partial charge in [-0.2, -0.15) is 0 Å². The number of aryl methyl sites for hydroxylation is 1. The Balaban J connectivity index is 1.86. The molecule has 0 unspecified atom stereocenters. The van der Waals surface area contributed by atoms with E-state index < -0.39 is 0 Å². The van der Waals surface area contributed by atoms with E-state index in [0.29, 0.717) is 5.78 Å². The lowest BCUT2D eigenvalue weighted by Crippen LogP contribution is -2.28. The van der Waals surface area contributed by atoms with Gasteiger partial charge in [0.15, 0.2) is 5.82 Å². The summed E-state index contributed by atoms with van der Waals surface area (Å²) in [6.45, 7) is 2.07. The van der Waals surface area contributed by atoms with Crippen molar-refractivity contribution >= 4 is 16.7 Å². The Morgan fingerprint density at radius 1 is 0.926 bits per heavy atom. The van der Waals surface area contributed by atoms with Gasteiger partial charge in [-0.25, -0.2) is 0 Å². The molecule has 1 fully saturated rings. The Morgan fingerprint density at radius 3 is 2.44 bits per heavy atom. The Labute approximate surface area is 157 Å². The molecule has 0 spiro atoms. The van der Waals surface area contributed by atoms with Crippen LogP contribution in [0.5, 0.6) is 0 Å². The molecule has 136 valence electrons. The molecule has 2 heterocycles. The maximum Gasteiger partial charge on any atom is 0.263 e. The molecule has 2 aromatic heterocycles. The molecule has 0 atom stereocenters. The van der Waals surface area contributed by atoms with Gasteiger partial charge in [-0.05, 0) is 31.9 Å². The van der Waals surface area contributed by atoms with Crippen LogP contribution in [0.3, 0.4) is 0 Å². The van der Waals surface area contributed by atoms with Crippen LogP contribution in [0.2, 0.25) is 0 Å². The third-order valence-electron chi connectivity index (χ3n) is 5.71. The van der Waals surface area contributed by atoms with Crippen molar-refractivity contribution in [2.24, 2.45) is 0 Å². The van der Waals surface area contributed by atoms with Crippen molar-refractivity contribution in [3.8, 4) is 11.4 Å². The molecule has 0 amide bonds. The van der Waals surface area contributed by atoms with Crippen molar-refractivity contribution in [3.63, 3.8) is 0 Å². The number of hydrogen-bond acceptors (Lipinski definition) is 3. The molecule has 2 aromatic carbocycles. The molecule has 4 aromatic rings. The number of nitrogens with zero attached hydrogens (tertiary/aromatic N) is 4. The molecule has 0 N–H and O–H groups in total. The minimum absolute atomic E-state index is 0.0489. The maximum atomic E-state index is 13.3. The summed E-state index contributed by atoms with van der Waals surface area (Å²) in [5.41, 5.74) is 3.13. The van der Waals surface area contributed by atoms with Gasteiger partial charge in [0, 0.05) is 11.6 Å². The first-order chi connectivity index (χ1) is 13.2. The normalized spacial score (nSPS) is 15.6. The highest BCUT2D eigenvalue weighted by Gasteiger charge is 2.23. The predicted octanol–water partition coefficient (Wildman–Crippen LogP) is 4.52. The van der Waals surface area contributed by atoms with Gasteiger partial charge in [-0.15, -0.1) is 10.2 Å². The second-order valence-electron chi connectivity index (χ2n) is 7.51. The Kier molecular flexibility index (Phi) is 3.81. The fraction of sp³-hybridized carbons (Fsp3) is 0.318. The quantitative estimate of drug-likeness (QED) is 0.529. The lowest BCUT2D eigenvalue weighted by atomic mass is 9.95. The van der Waals surface area contributed by atoms with Crippen molar-refractivity contribution in [3.05, 3.63) is 64.4 Å².